The zero-order chi connectivity index (χ0) is 25.5. The summed E-state index contributed by atoms with van der Waals surface area (Å²) in [4.78, 5) is 9.70. The summed E-state index contributed by atoms with van der Waals surface area (Å²) in [6.07, 6.45) is 1.86. The summed E-state index contributed by atoms with van der Waals surface area (Å²) >= 11 is 3.65. The number of fused-ring (bicyclic) bond motifs is 3. The van der Waals surface area contributed by atoms with Crippen molar-refractivity contribution in [2.24, 2.45) is 0 Å². The lowest BCUT2D eigenvalue weighted by Gasteiger charge is -2.12. The van der Waals surface area contributed by atoms with E-state index in [9.17, 15) is 0 Å². The number of halogens is 1. The molecule has 180 valence electrons. The second-order valence-electron chi connectivity index (χ2n) is 9.27. The van der Waals surface area contributed by atoms with Crippen molar-refractivity contribution < 1.29 is 0 Å². The summed E-state index contributed by atoms with van der Waals surface area (Å²) in [5.41, 5.74) is 10.7. The summed E-state index contributed by atoms with van der Waals surface area (Å²) in [5, 5.41) is 1.14. The number of aromatic nitrogens is 3. The molecule has 7 rings (SSSR count). The monoisotopic (exact) mass is 551 g/mol. The van der Waals surface area contributed by atoms with E-state index >= 15 is 0 Å². The molecule has 0 bridgehead atoms. The molecule has 0 aliphatic heterocycles. The molecule has 0 radical (unpaired) electrons. The first-order chi connectivity index (χ1) is 18.7. The molecule has 3 heterocycles. The summed E-state index contributed by atoms with van der Waals surface area (Å²) in [5.74, 6) is 0. The van der Waals surface area contributed by atoms with Crippen LogP contribution in [0.2, 0.25) is 0 Å². The van der Waals surface area contributed by atoms with E-state index in [1.54, 1.807) is 0 Å². The van der Waals surface area contributed by atoms with Gasteiger partial charge in [-0.2, -0.15) is 0 Å². The predicted octanol–water partition coefficient (Wildman–Crippen LogP) is 9.34. The van der Waals surface area contributed by atoms with Crippen LogP contribution in [0.3, 0.4) is 0 Å². The van der Waals surface area contributed by atoms with Crippen molar-refractivity contribution in [3.05, 3.63) is 138 Å². The van der Waals surface area contributed by atoms with Gasteiger partial charge in [0.1, 0.15) is 0 Å². The van der Waals surface area contributed by atoms with Crippen molar-refractivity contribution in [2.45, 2.75) is 0 Å². The second-order valence-corrected chi connectivity index (χ2v) is 10.2. The van der Waals surface area contributed by atoms with Gasteiger partial charge in [-0.15, -0.1) is 0 Å². The molecule has 7 aromatic rings. The zero-order valence-electron chi connectivity index (χ0n) is 20.4. The predicted molar refractivity (Wildman–Crippen MR) is 160 cm³/mol. The first-order valence-corrected chi connectivity index (χ1v) is 13.3. The van der Waals surface area contributed by atoms with Crippen molar-refractivity contribution in [1.82, 2.24) is 14.5 Å². The minimum Gasteiger partial charge on any atom is -0.308 e. The molecule has 4 heteroatoms. The molecule has 0 atom stereocenters. The van der Waals surface area contributed by atoms with Gasteiger partial charge in [-0.25, -0.2) is 4.98 Å². The van der Waals surface area contributed by atoms with Crippen LogP contribution in [0.1, 0.15) is 0 Å². The minimum atomic E-state index is 0.962. The molecule has 0 unspecified atom stereocenters. The molecule has 4 aromatic carbocycles. The quantitative estimate of drug-likeness (QED) is 0.218. The van der Waals surface area contributed by atoms with E-state index in [0.717, 1.165) is 65.7 Å². The Balaban J connectivity index is 1.37. The molecule has 0 fully saturated rings. The zero-order valence-corrected chi connectivity index (χ0v) is 22.0. The van der Waals surface area contributed by atoms with Crippen molar-refractivity contribution in [3.8, 4) is 39.3 Å². The van der Waals surface area contributed by atoms with Crippen LogP contribution in [-0.4, -0.2) is 14.5 Å². The lowest BCUT2D eigenvalue weighted by Crippen LogP contribution is -1.94. The molecule has 0 saturated heterocycles. The van der Waals surface area contributed by atoms with Crippen LogP contribution in [0.15, 0.2) is 138 Å². The molecular weight excluding hydrogens is 530 g/mol. The highest BCUT2D eigenvalue weighted by molar-refractivity contribution is 9.10. The largest absolute Gasteiger partial charge is 0.308 e. The SMILES string of the molecule is Brc1ccc2c3ncccc3n(-c3ccc(-c4cc(-c5ccccc5)nc(-c5ccccc5)c4)cc3)c2c1. The fraction of sp³-hybridized carbons (Fsp3) is 0. The minimum absolute atomic E-state index is 0.962. The van der Waals surface area contributed by atoms with E-state index in [0.29, 0.717) is 0 Å². The maximum Gasteiger partial charge on any atom is 0.0963 e. The third-order valence-corrected chi connectivity index (χ3v) is 7.40. The number of rotatable bonds is 4. The van der Waals surface area contributed by atoms with E-state index < -0.39 is 0 Å². The number of hydrogen-bond acceptors (Lipinski definition) is 2. The van der Waals surface area contributed by atoms with Gasteiger partial charge < -0.3 is 4.57 Å². The highest BCUT2D eigenvalue weighted by Crippen LogP contribution is 2.34. The maximum atomic E-state index is 5.02. The van der Waals surface area contributed by atoms with Gasteiger partial charge in [0.05, 0.1) is 27.9 Å². The smallest absolute Gasteiger partial charge is 0.0963 e. The number of pyridine rings is 2. The fourth-order valence-electron chi connectivity index (χ4n) is 5.10. The van der Waals surface area contributed by atoms with Crippen molar-refractivity contribution in [1.29, 1.82) is 0 Å². The third-order valence-electron chi connectivity index (χ3n) is 6.91. The Bertz CT molecular complexity index is 1850. The van der Waals surface area contributed by atoms with Crippen molar-refractivity contribution in [2.75, 3.05) is 0 Å². The Kier molecular flexibility index (Phi) is 5.60. The summed E-state index contributed by atoms with van der Waals surface area (Å²) < 4.78 is 3.33. The van der Waals surface area contributed by atoms with Gasteiger partial charge in [0.15, 0.2) is 0 Å². The Labute approximate surface area is 229 Å². The van der Waals surface area contributed by atoms with Crippen LogP contribution in [0.4, 0.5) is 0 Å². The van der Waals surface area contributed by atoms with E-state index in [1.165, 1.54) is 0 Å². The fourth-order valence-corrected chi connectivity index (χ4v) is 5.45. The summed E-state index contributed by atoms with van der Waals surface area (Å²) in [7, 11) is 0. The molecule has 3 aromatic heterocycles. The Morgan fingerprint density at radius 3 is 1.84 bits per heavy atom. The van der Waals surface area contributed by atoms with Gasteiger partial charge in [-0.1, -0.05) is 88.7 Å². The molecular formula is C34H22BrN3. The summed E-state index contributed by atoms with van der Waals surface area (Å²) in [6, 6.07) is 44.3. The van der Waals surface area contributed by atoms with E-state index in [4.69, 9.17) is 4.98 Å². The molecule has 3 nitrogen and oxygen atoms in total. The molecule has 0 aliphatic rings. The maximum absolute atomic E-state index is 5.02. The first kappa shape index (κ1) is 22.6. The van der Waals surface area contributed by atoms with Gasteiger partial charge in [0.25, 0.3) is 0 Å². The van der Waals surface area contributed by atoms with Crippen LogP contribution in [-0.2, 0) is 0 Å². The van der Waals surface area contributed by atoms with Crippen LogP contribution < -0.4 is 0 Å². The standard InChI is InChI=1S/C34H22BrN3/c35-27-15-18-29-33(22-27)38(32-12-7-19-36-34(29)32)28-16-13-23(14-17-28)26-20-30(24-8-3-1-4-9-24)37-31(21-26)25-10-5-2-6-11-25/h1-22H. The molecule has 38 heavy (non-hydrogen) atoms. The van der Waals surface area contributed by atoms with Crippen LogP contribution in [0, 0.1) is 0 Å². The second kappa shape index (κ2) is 9.40. The number of hydrogen-bond donors (Lipinski definition) is 0. The number of benzene rings is 4. The molecule has 0 spiro atoms. The highest BCUT2D eigenvalue weighted by Gasteiger charge is 2.14. The Hall–Kier alpha value is -4.54. The Morgan fingerprint density at radius 1 is 0.526 bits per heavy atom. The Morgan fingerprint density at radius 2 is 1.18 bits per heavy atom. The van der Waals surface area contributed by atoms with E-state index in [-0.39, 0.29) is 0 Å². The van der Waals surface area contributed by atoms with Crippen molar-refractivity contribution in [3.63, 3.8) is 0 Å². The number of nitrogens with zero attached hydrogens (tertiary/aromatic N) is 3. The van der Waals surface area contributed by atoms with Crippen LogP contribution >= 0.6 is 15.9 Å². The van der Waals surface area contributed by atoms with E-state index in [1.807, 2.05) is 24.4 Å². The van der Waals surface area contributed by atoms with Gasteiger partial charge in [0, 0.05) is 32.9 Å². The third kappa shape index (κ3) is 4.00. The highest BCUT2D eigenvalue weighted by atomic mass is 79.9. The molecule has 0 amide bonds. The van der Waals surface area contributed by atoms with Gasteiger partial charge in [0.2, 0.25) is 0 Å². The van der Waals surface area contributed by atoms with Gasteiger partial charge in [-0.05, 0) is 65.7 Å². The van der Waals surface area contributed by atoms with Gasteiger partial charge in [-0.3, -0.25) is 4.98 Å². The summed E-state index contributed by atoms with van der Waals surface area (Å²) in [6.45, 7) is 0. The molecule has 0 saturated carbocycles. The lowest BCUT2D eigenvalue weighted by molar-refractivity contribution is 1.17. The van der Waals surface area contributed by atoms with Crippen LogP contribution in [0.5, 0.6) is 0 Å². The topological polar surface area (TPSA) is 30.7 Å². The average molecular weight is 552 g/mol. The molecule has 0 N–H and O–H groups in total. The van der Waals surface area contributed by atoms with Gasteiger partial charge >= 0.3 is 0 Å². The lowest BCUT2D eigenvalue weighted by atomic mass is 10.00. The van der Waals surface area contributed by atoms with Crippen LogP contribution in [0.25, 0.3) is 61.3 Å². The normalized spacial score (nSPS) is 11.3. The molecule has 0 aliphatic carbocycles. The average Bonchev–Trinajstić information content (AvgIpc) is 3.31. The van der Waals surface area contributed by atoms with Crippen molar-refractivity contribution >= 4 is 37.9 Å². The first-order valence-electron chi connectivity index (χ1n) is 12.5. The van der Waals surface area contributed by atoms with E-state index in [2.05, 4.69) is 135 Å².